The lowest BCUT2D eigenvalue weighted by molar-refractivity contribution is 0.303. The van der Waals surface area contributed by atoms with Gasteiger partial charge in [0.1, 0.15) is 11.6 Å². The van der Waals surface area contributed by atoms with Crippen molar-refractivity contribution in [1.29, 1.82) is 0 Å². The van der Waals surface area contributed by atoms with E-state index in [1.165, 1.54) is 31.4 Å². The van der Waals surface area contributed by atoms with E-state index >= 15 is 0 Å². The highest BCUT2D eigenvalue weighted by atomic mass is 79.9. The molecule has 1 aromatic rings. The predicted molar refractivity (Wildman–Crippen MR) is 81.2 cm³/mol. The third-order valence-electron chi connectivity index (χ3n) is 2.78. The molecule has 0 saturated carbocycles. The fourth-order valence-corrected chi connectivity index (χ4v) is 2.25. The van der Waals surface area contributed by atoms with Crippen molar-refractivity contribution < 1.29 is 9.13 Å². The molecule has 0 aliphatic heterocycles. The average molecular weight is 332 g/mol. The van der Waals surface area contributed by atoms with Crippen LogP contribution < -0.4 is 10.1 Å². The Hall–Kier alpha value is -0.610. The zero-order valence-electron chi connectivity index (χ0n) is 11.6. The van der Waals surface area contributed by atoms with Gasteiger partial charge in [-0.2, -0.15) is 0 Å². The number of benzene rings is 1. The van der Waals surface area contributed by atoms with E-state index < -0.39 is 0 Å². The van der Waals surface area contributed by atoms with Crippen molar-refractivity contribution in [1.82, 2.24) is 5.32 Å². The lowest BCUT2D eigenvalue weighted by Crippen LogP contribution is -2.15. The minimum atomic E-state index is -0.272. The number of halogens is 2. The molecule has 19 heavy (non-hydrogen) atoms. The predicted octanol–water partition coefficient (Wildman–Crippen LogP) is 4.53. The van der Waals surface area contributed by atoms with Crippen molar-refractivity contribution in [3.63, 3.8) is 0 Å². The average Bonchev–Trinajstić information content (AvgIpc) is 2.36. The minimum Gasteiger partial charge on any atom is -0.493 e. The van der Waals surface area contributed by atoms with Gasteiger partial charge in [-0.1, -0.05) is 35.7 Å². The van der Waals surface area contributed by atoms with E-state index in [0.29, 0.717) is 16.8 Å². The van der Waals surface area contributed by atoms with Crippen molar-refractivity contribution in [3.8, 4) is 5.75 Å². The van der Waals surface area contributed by atoms with E-state index in [-0.39, 0.29) is 5.82 Å². The molecule has 0 fully saturated rings. The van der Waals surface area contributed by atoms with E-state index in [1.54, 1.807) is 6.07 Å². The Balaban J connectivity index is 2.01. The quantitative estimate of drug-likeness (QED) is 0.636. The summed E-state index contributed by atoms with van der Waals surface area (Å²) in [6.07, 6.45) is 5.79. The maximum Gasteiger partial charge on any atom is 0.128 e. The van der Waals surface area contributed by atoms with Crippen LogP contribution in [0.1, 0.15) is 39.0 Å². The Morgan fingerprint density at radius 2 is 1.89 bits per heavy atom. The van der Waals surface area contributed by atoms with Gasteiger partial charge in [0.25, 0.3) is 0 Å². The highest BCUT2D eigenvalue weighted by molar-refractivity contribution is 9.10. The van der Waals surface area contributed by atoms with Gasteiger partial charge in [-0.3, -0.25) is 0 Å². The van der Waals surface area contributed by atoms with Crippen molar-refractivity contribution in [2.75, 3.05) is 19.7 Å². The van der Waals surface area contributed by atoms with Crippen LogP contribution in [-0.4, -0.2) is 19.7 Å². The molecule has 0 radical (unpaired) electrons. The number of rotatable bonds is 10. The lowest BCUT2D eigenvalue weighted by atomic mass is 10.2. The first-order valence-corrected chi connectivity index (χ1v) is 7.81. The van der Waals surface area contributed by atoms with Gasteiger partial charge in [0.2, 0.25) is 0 Å². The first-order chi connectivity index (χ1) is 9.22. The van der Waals surface area contributed by atoms with Crippen molar-refractivity contribution in [2.45, 2.75) is 39.0 Å². The lowest BCUT2D eigenvalue weighted by Gasteiger charge is -2.07. The Morgan fingerprint density at radius 3 is 2.63 bits per heavy atom. The van der Waals surface area contributed by atoms with Gasteiger partial charge in [0.15, 0.2) is 0 Å². The molecule has 108 valence electrons. The zero-order valence-corrected chi connectivity index (χ0v) is 13.1. The SMILES string of the molecule is CCCNCCCCCCOc1cc(F)cc(Br)c1. The van der Waals surface area contributed by atoms with Crippen LogP contribution in [0.3, 0.4) is 0 Å². The highest BCUT2D eigenvalue weighted by Crippen LogP contribution is 2.20. The molecule has 0 atom stereocenters. The Kier molecular flexibility index (Phi) is 8.84. The molecule has 1 N–H and O–H groups in total. The second kappa shape index (κ2) is 10.2. The highest BCUT2D eigenvalue weighted by Gasteiger charge is 1.99. The third kappa shape index (κ3) is 8.22. The second-order valence-electron chi connectivity index (χ2n) is 4.62. The van der Waals surface area contributed by atoms with Gasteiger partial charge in [0.05, 0.1) is 6.61 Å². The number of ether oxygens (including phenoxy) is 1. The summed E-state index contributed by atoms with van der Waals surface area (Å²) in [6.45, 7) is 5.04. The fraction of sp³-hybridized carbons (Fsp3) is 0.600. The summed E-state index contributed by atoms with van der Waals surface area (Å²) >= 11 is 3.25. The minimum absolute atomic E-state index is 0.272. The molecule has 1 aromatic carbocycles. The zero-order chi connectivity index (χ0) is 13.9. The monoisotopic (exact) mass is 331 g/mol. The van der Waals surface area contributed by atoms with E-state index in [0.717, 1.165) is 25.9 Å². The van der Waals surface area contributed by atoms with Crippen LogP contribution in [0.25, 0.3) is 0 Å². The largest absolute Gasteiger partial charge is 0.493 e. The molecule has 0 amide bonds. The summed E-state index contributed by atoms with van der Waals surface area (Å²) in [4.78, 5) is 0. The van der Waals surface area contributed by atoms with Gasteiger partial charge >= 0.3 is 0 Å². The first kappa shape index (κ1) is 16.4. The van der Waals surface area contributed by atoms with E-state index in [2.05, 4.69) is 28.2 Å². The maximum absolute atomic E-state index is 13.1. The Bertz CT molecular complexity index is 340. The number of unbranched alkanes of at least 4 members (excludes halogenated alkanes) is 3. The van der Waals surface area contributed by atoms with Gasteiger partial charge in [-0.25, -0.2) is 4.39 Å². The Morgan fingerprint density at radius 1 is 1.11 bits per heavy atom. The summed E-state index contributed by atoms with van der Waals surface area (Å²) in [6, 6.07) is 4.63. The number of hydrogen-bond acceptors (Lipinski definition) is 2. The molecular formula is C15H23BrFNO. The van der Waals surface area contributed by atoms with Gasteiger partial charge in [-0.05, 0) is 44.5 Å². The van der Waals surface area contributed by atoms with E-state index in [9.17, 15) is 4.39 Å². The summed E-state index contributed by atoms with van der Waals surface area (Å²) in [5.41, 5.74) is 0. The topological polar surface area (TPSA) is 21.3 Å². The van der Waals surface area contributed by atoms with Crippen molar-refractivity contribution in [3.05, 3.63) is 28.5 Å². The molecular weight excluding hydrogens is 309 g/mol. The van der Waals surface area contributed by atoms with Crippen molar-refractivity contribution >= 4 is 15.9 Å². The molecule has 0 unspecified atom stereocenters. The summed E-state index contributed by atoms with van der Waals surface area (Å²) < 4.78 is 19.3. The molecule has 0 bridgehead atoms. The van der Waals surface area contributed by atoms with Crippen LogP contribution in [-0.2, 0) is 0 Å². The first-order valence-electron chi connectivity index (χ1n) is 7.02. The van der Waals surface area contributed by atoms with Crippen LogP contribution in [0.15, 0.2) is 22.7 Å². The standard InChI is InChI=1S/C15H23BrFNO/c1-2-7-18-8-5-3-4-6-9-19-15-11-13(16)10-14(17)12-15/h10-12,18H,2-9H2,1H3. The number of hydrogen-bond donors (Lipinski definition) is 1. The maximum atomic E-state index is 13.1. The molecule has 0 aliphatic carbocycles. The summed E-state index contributed by atoms with van der Waals surface area (Å²) in [5, 5.41) is 3.39. The van der Waals surface area contributed by atoms with Crippen LogP contribution in [0.5, 0.6) is 5.75 Å². The molecule has 4 heteroatoms. The van der Waals surface area contributed by atoms with Crippen LogP contribution in [0.4, 0.5) is 4.39 Å². The van der Waals surface area contributed by atoms with Crippen molar-refractivity contribution in [2.24, 2.45) is 0 Å². The molecule has 0 heterocycles. The molecule has 0 aromatic heterocycles. The number of nitrogens with one attached hydrogen (secondary N) is 1. The molecule has 2 nitrogen and oxygen atoms in total. The Labute approximate surface area is 123 Å². The van der Waals surface area contributed by atoms with E-state index in [4.69, 9.17) is 4.74 Å². The molecule has 0 aliphatic rings. The smallest absolute Gasteiger partial charge is 0.128 e. The van der Waals surface area contributed by atoms with Crippen LogP contribution >= 0.6 is 15.9 Å². The molecule has 0 saturated heterocycles. The fourth-order valence-electron chi connectivity index (χ4n) is 1.81. The normalized spacial score (nSPS) is 10.7. The van der Waals surface area contributed by atoms with Crippen LogP contribution in [0, 0.1) is 5.82 Å². The second-order valence-corrected chi connectivity index (χ2v) is 5.53. The van der Waals surface area contributed by atoms with Gasteiger partial charge < -0.3 is 10.1 Å². The van der Waals surface area contributed by atoms with Gasteiger partial charge in [-0.15, -0.1) is 0 Å². The van der Waals surface area contributed by atoms with Gasteiger partial charge in [0, 0.05) is 10.5 Å². The van der Waals surface area contributed by atoms with E-state index in [1.807, 2.05) is 0 Å². The van der Waals surface area contributed by atoms with Crippen LogP contribution in [0.2, 0.25) is 0 Å². The third-order valence-corrected chi connectivity index (χ3v) is 3.24. The summed E-state index contributed by atoms with van der Waals surface area (Å²) in [5.74, 6) is 0.322. The molecule has 0 spiro atoms. The molecule has 1 rings (SSSR count). The summed E-state index contributed by atoms with van der Waals surface area (Å²) in [7, 11) is 0.